The van der Waals surface area contributed by atoms with Gasteiger partial charge in [-0.1, -0.05) is 0 Å². The molecule has 0 saturated heterocycles. The Bertz CT molecular complexity index is 469. The lowest BCUT2D eigenvalue weighted by atomic mass is 10.1. The van der Waals surface area contributed by atoms with Gasteiger partial charge in [0.05, 0.1) is 18.9 Å². The molecule has 0 saturated carbocycles. The minimum Gasteiger partial charge on any atom is -0.494 e. The van der Waals surface area contributed by atoms with Crippen LogP contribution in [0.25, 0.3) is 11.3 Å². The number of ether oxygens (including phenoxy) is 1. The Hall–Kier alpha value is -1.90. The Morgan fingerprint density at radius 3 is 2.87 bits per heavy atom. The topological polar surface area (TPSA) is 26.0 Å². The summed E-state index contributed by atoms with van der Waals surface area (Å²) < 4.78 is 7.33. The number of pyridine rings is 2. The molecule has 0 fully saturated rings. The fourth-order valence-electron chi connectivity index (χ4n) is 1.56. The first-order chi connectivity index (χ1) is 7.33. The van der Waals surface area contributed by atoms with Crippen LogP contribution in [0, 0.1) is 0 Å². The Labute approximate surface area is 89.0 Å². The molecule has 76 valence electrons. The Balaban J connectivity index is 2.59. The molecule has 0 aliphatic carbocycles. The summed E-state index contributed by atoms with van der Waals surface area (Å²) in [7, 11) is 3.67. The number of methoxy groups -OCH3 is 1. The molecule has 0 unspecified atom stereocenters. The first-order valence-corrected chi connectivity index (χ1v) is 4.76. The van der Waals surface area contributed by atoms with Crippen LogP contribution in [0.15, 0.2) is 42.9 Å². The summed E-state index contributed by atoms with van der Waals surface area (Å²) in [6, 6.07) is 8.01. The molecule has 2 aromatic heterocycles. The molecule has 2 heterocycles. The van der Waals surface area contributed by atoms with E-state index in [0.29, 0.717) is 0 Å². The van der Waals surface area contributed by atoms with Crippen molar-refractivity contribution >= 4 is 0 Å². The number of hydrogen-bond donors (Lipinski definition) is 0. The molecule has 0 atom stereocenters. The smallest absolute Gasteiger partial charge is 0.216 e. The van der Waals surface area contributed by atoms with E-state index in [1.54, 1.807) is 19.5 Å². The average molecular weight is 201 g/mol. The molecule has 0 aliphatic rings. The van der Waals surface area contributed by atoms with Gasteiger partial charge in [-0.15, -0.1) is 0 Å². The molecule has 0 aliphatic heterocycles. The number of aryl methyl sites for hydroxylation is 1. The van der Waals surface area contributed by atoms with Crippen LogP contribution in [0.4, 0.5) is 0 Å². The highest BCUT2D eigenvalue weighted by molar-refractivity contribution is 5.63. The van der Waals surface area contributed by atoms with Crippen molar-refractivity contribution < 1.29 is 9.30 Å². The van der Waals surface area contributed by atoms with E-state index in [0.717, 1.165) is 17.0 Å². The molecular weight excluding hydrogens is 188 g/mol. The van der Waals surface area contributed by atoms with Gasteiger partial charge in [0.25, 0.3) is 0 Å². The minimum absolute atomic E-state index is 0.791. The van der Waals surface area contributed by atoms with Gasteiger partial charge in [-0.3, -0.25) is 4.98 Å². The largest absolute Gasteiger partial charge is 0.494 e. The first kappa shape index (κ1) is 9.65. The van der Waals surface area contributed by atoms with Crippen LogP contribution >= 0.6 is 0 Å². The van der Waals surface area contributed by atoms with E-state index in [9.17, 15) is 0 Å². The Kier molecular flexibility index (Phi) is 2.63. The predicted molar refractivity (Wildman–Crippen MR) is 57.4 cm³/mol. The van der Waals surface area contributed by atoms with Gasteiger partial charge in [-0.25, -0.2) is 4.57 Å². The summed E-state index contributed by atoms with van der Waals surface area (Å²) in [6.07, 6.45) is 5.50. The molecule has 0 N–H and O–H groups in total. The van der Waals surface area contributed by atoms with Crippen LogP contribution in [-0.4, -0.2) is 12.1 Å². The van der Waals surface area contributed by atoms with Crippen LogP contribution in [0.3, 0.4) is 0 Å². The van der Waals surface area contributed by atoms with E-state index in [-0.39, 0.29) is 0 Å². The fourth-order valence-corrected chi connectivity index (χ4v) is 1.56. The van der Waals surface area contributed by atoms with Crippen molar-refractivity contribution in [3.63, 3.8) is 0 Å². The summed E-state index contributed by atoms with van der Waals surface area (Å²) >= 11 is 0. The van der Waals surface area contributed by atoms with Crippen LogP contribution in [0.2, 0.25) is 0 Å². The van der Waals surface area contributed by atoms with Gasteiger partial charge in [-0.2, -0.15) is 0 Å². The molecule has 2 rings (SSSR count). The molecular formula is C12H13N2O+. The number of nitrogens with zero attached hydrogens (tertiary/aromatic N) is 2. The summed E-state index contributed by atoms with van der Waals surface area (Å²) in [5, 5.41) is 0. The summed E-state index contributed by atoms with van der Waals surface area (Å²) in [6.45, 7) is 0. The maximum Gasteiger partial charge on any atom is 0.216 e. The molecule has 0 radical (unpaired) electrons. The highest BCUT2D eigenvalue weighted by Crippen LogP contribution is 2.25. The van der Waals surface area contributed by atoms with Crippen molar-refractivity contribution in [2.45, 2.75) is 0 Å². The van der Waals surface area contributed by atoms with Crippen molar-refractivity contribution in [2.24, 2.45) is 7.05 Å². The van der Waals surface area contributed by atoms with Crippen LogP contribution in [-0.2, 0) is 7.05 Å². The van der Waals surface area contributed by atoms with E-state index in [1.807, 2.05) is 31.4 Å². The summed E-state index contributed by atoms with van der Waals surface area (Å²) in [5.74, 6) is 0.791. The van der Waals surface area contributed by atoms with E-state index in [4.69, 9.17) is 4.74 Å². The molecule has 15 heavy (non-hydrogen) atoms. The van der Waals surface area contributed by atoms with Gasteiger partial charge in [-0.05, 0) is 12.1 Å². The number of hydrogen-bond acceptors (Lipinski definition) is 2. The third-order valence-corrected chi connectivity index (χ3v) is 2.34. The molecule has 3 heteroatoms. The minimum atomic E-state index is 0.791. The van der Waals surface area contributed by atoms with Crippen molar-refractivity contribution in [3.05, 3.63) is 42.9 Å². The molecule has 0 spiro atoms. The van der Waals surface area contributed by atoms with E-state index < -0.39 is 0 Å². The van der Waals surface area contributed by atoms with Gasteiger partial charge in [0, 0.05) is 18.3 Å². The van der Waals surface area contributed by atoms with Crippen molar-refractivity contribution in [3.8, 4) is 17.0 Å². The number of rotatable bonds is 2. The predicted octanol–water partition coefficient (Wildman–Crippen LogP) is 1.58. The van der Waals surface area contributed by atoms with Gasteiger partial charge in [0.15, 0.2) is 11.9 Å². The lowest BCUT2D eigenvalue weighted by molar-refractivity contribution is -0.660. The third-order valence-electron chi connectivity index (χ3n) is 2.34. The maximum absolute atomic E-state index is 5.28. The van der Waals surface area contributed by atoms with Gasteiger partial charge >= 0.3 is 0 Å². The second-order valence-corrected chi connectivity index (χ2v) is 3.27. The van der Waals surface area contributed by atoms with E-state index >= 15 is 0 Å². The molecule has 0 amide bonds. The van der Waals surface area contributed by atoms with Gasteiger partial charge in [0.2, 0.25) is 5.69 Å². The molecule has 0 aromatic carbocycles. The third kappa shape index (κ3) is 1.81. The van der Waals surface area contributed by atoms with Crippen LogP contribution in [0.5, 0.6) is 5.75 Å². The van der Waals surface area contributed by atoms with Crippen molar-refractivity contribution in [1.82, 2.24) is 4.98 Å². The second kappa shape index (κ2) is 4.09. The molecule has 2 aromatic rings. The van der Waals surface area contributed by atoms with E-state index in [1.165, 1.54) is 0 Å². The molecule has 3 nitrogen and oxygen atoms in total. The van der Waals surface area contributed by atoms with Gasteiger partial charge < -0.3 is 4.74 Å². The summed E-state index contributed by atoms with van der Waals surface area (Å²) in [4.78, 5) is 4.04. The summed E-state index contributed by atoms with van der Waals surface area (Å²) in [5.41, 5.74) is 2.16. The monoisotopic (exact) mass is 201 g/mol. The SMILES string of the molecule is COc1cnccc1-c1cccc[n+]1C. The highest BCUT2D eigenvalue weighted by Gasteiger charge is 2.13. The molecule has 0 bridgehead atoms. The normalized spacial score (nSPS) is 10.0. The van der Waals surface area contributed by atoms with Crippen LogP contribution in [0.1, 0.15) is 0 Å². The Morgan fingerprint density at radius 1 is 1.27 bits per heavy atom. The number of aromatic nitrogens is 2. The lowest BCUT2D eigenvalue weighted by Crippen LogP contribution is -2.30. The maximum atomic E-state index is 5.28. The van der Waals surface area contributed by atoms with E-state index in [2.05, 4.69) is 15.6 Å². The second-order valence-electron chi connectivity index (χ2n) is 3.27. The Morgan fingerprint density at radius 2 is 2.13 bits per heavy atom. The van der Waals surface area contributed by atoms with Crippen molar-refractivity contribution in [1.29, 1.82) is 0 Å². The van der Waals surface area contributed by atoms with Crippen LogP contribution < -0.4 is 9.30 Å². The highest BCUT2D eigenvalue weighted by atomic mass is 16.5. The average Bonchev–Trinajstić information content (AvgIpc) is 2.30. The van der Waals surface area contributed by atoms with Gasteiger partial charge in [0.1, 0.15) is 7.05 Å². The zero-order valence-electron chi connectivity index (χ0n) is 8.84. The fraction of sp³-hybridized carbons (Fsp3) is 0.167. The first-order valence-electron chi connectivity index (χ1n) is 4.76. The standard InChI is InChI=1S/C12H13N2O/c1-14-8-4-3-5-11(14)10-6-7-13-9-12(10)15-2/h3-9H,1-2H3/q+1. The zero-order chi connectivity index (χ0) is 10.7. The lowest BCUT2D eigenvalue weighted by Gasteiger charge is -2.05. The zero-order valence-corrected chi connectivity index (χ0v) is 8.84. The van der Waals surface area contributed by atoms with Crippen molar-refractivity contribution in [2.75, 3.05) is 7.11 Å². The quantitative estimate of drug-likeness (QED) is 0.689.